The van der Waals surface area contributed by atoms with Gasteiger partial charge in [-0.1, -0.05) is 20.8 Å². The Morgan fingerprint density at radius 2 is 2.06 bits per heavy atom. The van der Waals surface area contributed by atoms with E-state index in [2.05, 4.69) is 30.8 Å². The summed E-state index contributed by atoms with van der Waals surface area (Å²) in [4.78, 5) is 11.4. The Labute approximate surface area is 109 Å². The third kappa shape index (κ3) is 3.65. The second kappa shape index (κ2) is 6.28. The van der Waals surface area contributed by atoms with Crippen molar-refractivity contribution < 1.29 is 9.53 Å². The third-order valence-corrected chi connectivity index (χ3v) is 3.23. The molecule has 0 fully saturated rings. The van der Waals surface area contributed by atoms with Crippen molar-refractivity contribution in [3.8, 4) is 0 Å². The quantitative estimate of drug-likeness (QED) is 0.623. The predicted molar refractivity (Wildman–Crippen MR) is 74.7 cm³/mol. The van der Waals surface area contributed by atoms with Crippen molar-refractivity contribution >= 4 is 17.3 Å². The van der Waals surface area contributed by atoms with Crippen molar-refractivity contribution in [2.75, 3.05) is 24.7 Å². The topological polar surface area (TPSA) is 64.3 Å². The summed E-state index contributed by atoms with van der Waals surface area (Å²) in [5.41, 5.74) is 7.81. The number of ether oxygens (including phenoxy) is 1. The highest BCUT2D eigenvalue weighted by molar-refractivity contribution is 5.91. The van der Waals surface area contributed by atoms with E-state index in [0.717, 1.165) is 12.2 Å². The first kappa shape index (κ1) is 14.4. The number of carbonyl (C=O) groups is 1. The van der Waals surface area contributed by atoms with Gasteiger partial charge in [0.15, 0.2) is 0 Å². The number of nitrogen functional groups attached to an aromatic ring is 1. The highest BCUT2D eigenvalue weighted by Gasteiger charge is 2.10. The van der Waals surface area contributed by atoms with Crippen molar-refractivity contribution in [3.05, 3.63) is 23.8 Å². The molecule has 0 spiro atoms. The zero-order valence-corrected chi connectivity index (χ0v) is 11.5. The molecular formula is C14H22N2O2. The molecule has 1 rings (SSSR count). The van der Waals surface area contributed by atoms with Crippen LogP contribution in [0.15, 0.2) is 18.2 Å². The monoisotopic (exact) mass is 250 g/mol. The predicted octanol–water partition coefficient (Wildman–Crippen LogP) is 2.76. The Bertz CT molecular complexity index is 416. The molecule has 4 heteroatoms. The van der Waals surface area contributed by atoms with Gasteiger partial charge < -0.3 is 15.8 Å². The van der Waals surface area contributed by atoms with E-state index in [0.29, 0.717) is 23.1 Å². The van der Waals surface area contributed by atoms with Gasteiger partial charge in [-0.15, -0.1) is 0 Å². The van der Waals surface area contributed by atoms with E-state index in [-0.39, 0.29) is 5.97 Å². The smallest absolute Gasteiger partial charge is 0.337 e. The van der Waals surface area contributed by atoms with Crippen LogP contribution in [-0.2, 0) is 4.74 Å². The molecule has 18 heavy (non-hydrogen) atoms. The first-order chi connectivity index (χ1) is 8.45. The Morgan fingerprint density at radius 1 is 1.39 bits per heavy atom. The Hall–Kier alpha value is -1.71. The molecule has 3 N–H and O–H groups in total. The maximum absolute atomic E-state index is 11.4. The van der Waals surface area contributed by atoms with Crippen molar-refractivity contribution in [1.82, 2.24) is 0 Å². The van der Waals surface area contributed by atoms with Gasteiger partial charge in [0.1, 0.15) is 0 Å². The maximum Gasteiger partial charge on any atom is 0.337 e. The number of benzene rings is 1. The highest BCUT2D eigenvalue weighted by Crippen LogP contribution is 2.21. The molecule has 0 aliphatic carbocycles. The summed E-state index contributed by atoms with van der Waals surface area (Å²) >= 11 is 0. The molecule has 0 aromatic heterocycles. The average molecular weight is 250 g/mol. The van der Waals surface area contributed by atoms with Crippen LogP contribution in [0.2, 0.25) is 0 Å². The number of hydrogen-bond donors (Lipinski definition) is 2. The molecule has 0 radical (unpaired) electrons. The number of nitrogens with one attached hydrogen (secondary N) is 1. The lowest BCUT2D eigenvalue weighted by Crippen LogP contribution is -2.17. The normalized spacial score (nSPS) is 12.3. The van der Waals surface area contributed by atoms with Crippen LogP contribution < -0.4 is 11.1 Å². The van der Waals surface area contributed by atoms with Crippen molar-refractivity contribution in [2.24, 2.45) is 11.8 Å². The molecule has 0 amide bonds. The fourth-order valence-electron chi connectivity index (χ4n) is 1.46. The van der Waals surface area contributed by atoms with E-state index in [9.17, 15) is 4.79 Å². The lowest BCUT2D eigenvalue weighted by molar-refractivity contribution is 0.0601. The summed E-state index contributed by atoms with van der Waals surface area (Å²) in [6.45, 7) is 7.37. The van der Waals surface area contributed by atoms with E-state index in [1.807, 2.05) is 0 Å². The number of esters is 1. The van der Waals surface area contributed by atoms with Crippen LogP contribution in [0.5, 0.6) is 0 Å². The van der Waals surface area contributed by atoms with Crippen LogP contribution in [0, 0.1) is 11.8 Å². The number of carbonyl (C=O) groups excluding carboxylic acids is 1. The summed E-state index contributed by atoms with van der Waals surface area (Å²) in [5.74, 6) is 0.781. The summed E-state index contributed by atoms with van der Waals surface area (Å²) in [6, 6.07) is 5.11. The second-order valence-electron chi connectivity index (χ2n) is 4.90. The molecule has 1 atom stereocenters. The third-order valence-electron chi connectivity index (χ3n) is 3.23. The number of hydrogen-bond acceptors (Lipinski definition) is 4. The summed E-state index contributed by atoms with van der Waals surface area (Å²) < 4.78 is 4.69. The fraction of sp³-hybridized carbons (Fsp3) is 0.500. The molecule has 0 heterocycles. The summed E-state index contributed by atoms with van der Waals surface area (Å²) in [6.07, 6.45) is 0. The molecule has 0 aliphatic rings. The molecule has 0 aliphatic heterocycles. The lowest BCUT2D eigenvalue weighted by Gasteiger charge is -2.18. The standard InChI is InChI=1S/C14H22N2O2/c1-9(2)10(3)8-16-13-7-11(14(17)18-4)5-6-12(13)15/h5-7,9-10,16H,8,15H2,1-4H3. The van der Waals surface area contributed by atoms with E-state index >= 15 is 0 Å². The molecule has 1 aromatic rings. The van der Waals surface area contributed by atoms with Gasteiger partial charge in [-0.25, -0.2) is 4.79 Å². The number of methoxy groups -OCH3 is 1. The minimum absolute atomic E-state index is 0.352. The van der Waals surface area contributed by atoms with Crippen LogP contribution in [-0.4, -0.2) is 19.6 Å². The molecule has 0 saturated carbocycles. The van der Waals surface area contributed by atoms with E-state index in [1.54, 1.807) is 18.2 Å². The minimum Gasteiger partial charge on any atom is -0.465 e. The van der Waals surface area contributed by atoms with Gasteiger partial charge in [0.05, 0.1) is 24.0 Å². The van der Waals surface area contributed by atoms with Crippen LogP contribution in [0.1, 0.15) is 31.1 Å². The Kier molecular flexibility index (Phi) is 5.01. The highest BCUT2D eigenvalue weighted by atomic mass is 16.5. The first-order valence-electron chi connectivity index (χ1n) is 6.17. The number of rotatable bonds is 5. The van der Waals surface area contributed by atoms with E-state index in [1.165, 1.54) is 7.11 Å². The molecular weight excluding hydrogens is 228 g/mol. The molecule has 4 nitrogen and oxygen atoms in total. The summed E-state index contributed by atoms with van der Waals surface area (Å²) in [7, 11) is 1.37. The van der Waals surface area contributed by atoms with Gasteiger partial charge in [0, 0.05) is 6.54 Å². The average Bonchev–Trinajstić information content (AvgIpc) is 2.36. The molecule has 100 valence electrons. The largest absolute Gasteiger partial charge is 0.465 e. The molecule has 1 aromatic carbocycles. The minimum atomic E-state index is -0.352. The molecule has 1 unspecified atom stereocenters. The van der Waals surface area contributed by atoms with Crippen LogP contribution in [0.25, 0.3) is 0 Å². The zero-order valence-electron chi connectivity index (χ0n) is 11.5. The van der Waals surface area contributed by atoms with Gasteiger partial charge in [0.25, 0.3) is 0 Å². The van der Waals surface area contributed by atoms with E-state index in [4.69, 9.17) is 5.73 Å². The lowest BCUT2D eigenvalue weighted by atomic mass is 9.98. The summed E-state index contributed by atoms with van der Waals surface area (Å²) in [5, 5.41) is 3.28. The van der Waals surface area contributed by atoms with Gasteiger partial charge in [-0.2, -0.15) is 0 Å². The van der Waals surface area contributed by atoms with Gasteiger partial charge in [-0.3, -0.25) is 0 Å². The Morgan fingerprint density at radius 3 is 2.61 bits per heavy atom. The van der Waals surface area contributed by atoms with Crippen LogP contribution >= 0.6 is 0 Å². The van der Waals surface area contributed by atoms with Gasteiger partial charge in [-0.05, 0) is 30.0 Å². The van der Waals surface area contributed by atoms with Crippen LogP contribution in [0.4, 0.5) is 11.4 Å². The van der Waals surface area contributed by atoms with Crippen molar-refractivity contribution in [1.29, 1.82) is 0 Å². The van der Waals surface area contributed by atoms with E-state index < -0.39 is 0 Å². The molecule has 0 saturated heterocycles. The number of nitrogens with two attached hydrogens (primary N) is 1. The fourth-order valence-corrected chi connectivity index (χ4v) is 1.46. The maximum atomic E-state index is 11.4. The molecule has 0 bridgehead atoms. The Balaban J connectivity index is 2.78. The van der Waals surface area contributed by atoms with Gasteiger partial charge in [0.2, 0.25) is 0 Å². The van der Waals surface area contributed by atoms with Crippen molar-refractivity contribution in [3.63, 3.8) is 0 Å². The van der Waals surface area contributed by atoms with Crippen LogP contribution in [0.3, 0.4) is 0 Å². The zero-order chi connectivity index (χ0) is 13.7. The number of anilines is 2. The van der Waals surface area contributed by atoms with Crippen molar-refractivity contribution in [2.45, 2.75) is 20.8 Å². The van der Waals surface area contributed by atoms with Gasteiger partial charge >= 0.3 is 5.97 Å². The SMILES string of the molecule is COC(=O)c1ccc(N)c(NCC(C)C(C)C)c1. The second-order valence-corrected chi connectivity index (χ2v) is 4.90. The first-order valence-corrected chi connectivity index (χ1v) is 6.17.